The highest BCUT2D eigenvalue weighted by atomic mass is 16.2. The summed E-state index contributed by atoms with van der Waals surface area (Å²) in [6.45, 7) is 6.13. The van der Waals surface area contributed by atoms with Gasteiger partial charge in [0.1, 0.15) is 5.84 Å². The fourth-order valence-corrected chi connectivity index (χ4v) is 5.75. The van der Waals surface area contributed by atoms with Gasteiger partial charge in [-0.3, -0.25) is 15.1 Å². The summed E-state index contributed by atoms with van der Waals surface area (Å²) in [5.74, 6) is 4.48. The number of amides is 1. The minimum atomic E-state index is -0.311. The maximum Gasteiger partial charge on any atom is 0.233 e. The van der Waals surface area contributed by atoms with E-state index < -0.39 is 0 Å². The van der Waals surface area contributed by atoms with Gasteiger partial charge in [-0.25, -0.2) is 0 Å². The fraction of sp³-hybridized carbons (Fsp3) is 0.882. The Kier molecular flexibility index (Phi) is 2.48. The average molecular weight is 274 g/mol. The van der Waals surface area contributed by atoms with Crippen molar-refractivity contribution in [1.29, 1.82) is 5.41 Å². The number of rotatable bonds is 2. The number of nitrogens with zero attached hydrogens (tertiary/aromatic N) is 1. The van der Waals surface area contributed by atoms with Crippen molar-refractivity contribution >= 4 is 11.7 Å². The molecule has 0 aromatic heterocycles. The number of amidine groups is 1. The summed E-state index contributed by atoms with van der Waals surface area (Å²) >= 11 is 0. The molecule has 3 nitrogen and oxygen atoms in total. The molecular weight excluding hydrogens is 248 g/mol. The van der Waals surface area contributed by atoms with Crippen molar-refractivity contribution in [3.8, 4) is 0 Å². The zero-order chi connectivity index (χ0) is 14.2. The monoisotopic (exact) mass is 274 g/mol. The predicted octanol–water partition coefficient (Wildman–Crippen LogP) is 3.29. The summed E-state index contributed by atoms with van der Waals surface area (Å²) in [6.07, 6.45) is 6.29. The molecule has 6 unspecified atom stereocenters. The third-order valence-corrected chi connectivity index (χ3v) is 7.09. The van der Waals surface area contributed by atoms with Crippen LogP contribution in [0.4, 0.5) is 0 Å². The summed E-state index contributed by atoms with van der Waals surface area (Å²) < 4.78 is 0. The Balaban J connectivity index is 1.61. The first-order valence-corrected chi connectivity index (χ1v) is 8.39. The maximum atomic E-state index is 12.8. The normalized spacial score (nSPS) is 45.4. The van der Waals surface area contributed by atoms with Gasteiger partial charge >= 0.3 is 0 Å². The van der Waals surface area contributed by atoms with Gasteiger partial charge in [0.2, 0.25) is 5.91 Å². The summed E-state index contributed by atoms with van der Waals surface area (Å²) in [7, 11) is 0. The zero-order valence-electron chi connectivity index (χ0n) is 12.9. The van der Waals surface area contributed by atoms with Crippen molar-refractivity contribution in [3.05, 3.63) is 0 Å². The molecule has 110 valence electrons. The largest absolute Gasteiger partial charge is 0.296 e. The molecule has 3 heteroatoms. The Labute approximate surface area is 121 Å². The highest BCUT2D eigenvalue weighted by Crippen LogP contribution is 2.65. The molecular formula is C17H26N2O. The van der Waals surface area contributed by atoms with Crippen molar-refractivity contribution < 1.29 is 4.79 Å². The number of hydrogen-bond acceptors (Lipinski definition) is 2. The second kappa shape index (κ2) is 3.86. The second-order valence-corrected chi connectivity index (χ2v) is 8.14. The first kappa shape index (κ1) is 12.8. The molecule has 4 rings (SSSR count). The highest BCUT2D eigenvalue weighted by Gasteiger charge is 2.68. The van der Waals surface area contributed by atoms with E-state index in [2.05, 4.69) is 6.92 Å². The Morgan fingerprint density at radius 2 is 1.90 bits per heavy atom. The lowest BCUT2D eigenvalue weighted by atomic mass is 9.66. The number of carbonyl (C=O) groups excluding carboxylic acids is 1. The number of hydrogen-bond donors (Lipinski definition) is 1. The van der Waals surface area contributed by atoms with Crippen LogP contribution in [-0.2, 0) is 4.79 Å². The van der Waals surface area contributed by atoms with Crippen LogP contribution in [0.3, 0.4) is 0 Å². The highest BCUT2D eigenvalue weighted by molar-refractivity contribution is 6.05. The van der Waals surface area contributed by atoms with E-state index in [1.165, 1.54) is 25.7 Å². The van der Waals surface area contributed by atoms with Crippen LogP contribution in [0.5, 0.6) is 0 Å². The van der Waals surface area contributed by atoms with Gasteiger partial charge in [0.15, 0.2) is 0 Å². The van der Waals surface area contributed by atoms with Crippen LogP contribution >= 0.6 is 0 Å². The second-order valence-electron chi connectivity index (χ2n) is 8.14. The van der Waals surface area contributed by atoms with E-state index in [1.54, 1.807) is 0 Å². The molecule has 1 aliphatic heterocycles. The molecule has 0 aromatic rings. The third kappa shape index (κ3) is 1.32. The molecule has 0 aromatic carbocycles. The molecule has 3 aliphatic carbocycles. The Morgan fingerprint density at radius 3 is 2.55 bits per heavy atom. The van der Waals surface area contributed by atoms with E-state index in [0.717, 1.165) is 24.2 Å². The topological polar surface area (TPSA) is 44.2 Å². The van der Waals surface area contributed by atoms with Crippen LogP contribution in [-0.4, -0.2) is 22.7 Å². The Hall–Kier alpha value is -0.860. The smallest absolute Gasteiger partial charge is 0.233 e. The van der Waals surface area contributed by atoms with E-state index in [4.69, 9.17) is 5.41 Å². The molecule has 1 heterocycles. The first-order chi connectivity index (χ1) is 9.47. The van der Waals surface area contributed by atoms with E-state index >= 15 is 0 Å². The van der Waals surface area contributed by atoms with Crippen molar-refractivity contribution in [3.63, 3.8) is 0 Å². The standard InChI is InChI=1S/C17H26N2O/c1-4-17(2,3)16(20)19-14-12-8-11(13(14)15(19)18)9-6-5-7-10(9)12/h9-14,18H,4-8H2,1-3H3. The molecule has 3 saturated carbocycles. The molecule has 6 atom stereocenters. The fourth-order valence-electron chi connectivity index (χ4n) is 5.75. The van der Waals surface area contributed by atoms with Crippen molar-refractivity contribution in [1.82, 2.24) is 4.90 Å². The third-order valence-electron chi connectivity index (χ3n) is 7.09. The molecule has 0 spiro atoms. The van der Waals surface area contributed by atoms with Crippen molar-refractivity contribution in [2.75, 3.05) is 0 Å². The summed E-state index contributed by atoms with van der Waals surface area (Å²) in [4.78, 5) is 14.7. The molecule has 20 heavy (non-hydrogen) atoms. The lowest BCUT2D eigenvalue weighted by molar-refractivity contribution is -0.144. The van der Waals surface area contributed by atoms with Crippen LogP contribution in [0.15, 0.2) is 0 Å². The van der Waals surface area contributed by atoms with Crippen molar-refractivity contribution in [2.45, 2.75) is 58.9 Å². The summed E-state index contributed by atoms with van der Waals surface area (Å²) in [5, 5.41) is 8.41. The molecule has 1 amide bonds. The Morgan fingerprint density at radius 1 is 1.25 bits per heavy atom. The van der Waals surface area contributed by atoms with Gasteiger partial charge in [0.25, 0.3) is 0 Å². The number of fused-ring (bicyclic) bond motifs is 8. The minimum absolute atomic E-state index is 0.202. The molecule has 4 fully saturated rings. The molecule has 0 radical (unpaired) electrons. The van der Waals surface area contributed by atoms with Gasteiger partial charge in [-0.1, -0.05) is 27.2 Å². The average Bonchev–Trinajstić information content (AvgIpc) is 3.07. The lowest BCUT2D eigenvalue weighted by Gasteiger charge is -2.55. The Bertz CT molecular complexity index is 483. The molecule has 4 aliphatic rings. The first-order valence-electron chi connectivity index (χ1n) is 8.39. The SMILES string of the molecule is CCC(C)(C)C(=O)N1C(=N)C2C3CC(C4CCCC43)C21. The van der Waals surface area contributed by atoms with E-state index in [0.29, 0.717) is 23.7 Å². The van der Waals surface area contributed by atoms with Gasteiger partial charge in [-0.05, 0) is 49.4 Å². The number of carbonyl (C=O) groups is 1. The van der Waals surface area contributed by atoms with Gasteiger partial charge in [0.05, 0.1) is 6.04 Å². The van der Waals surface area contributed by atoms with E-state index in [-0.39, 0.29) is 11.3 Å². The molecule has 1 N–H and O–H groups in total. The van der Waals surface area contributed by atoms with Gasteiger partial charge in [-0.15, -0.1) is 0 Å². The van der Waals surface area contributed by atoms with Crippen LogP contribution < -0.4 is 0 Å². The van der Waals surface area contributed by atoms with Crippen LogP contribution in [0.2, 0.25) is 0 Å². The molecule has 1 saturated heterocycles. The summed E-state index contributed by atoms with van der Waals surface area (Å²) in [6, 6.07) is 0.394. The van der Waals surface area contributed by atoms with E-state index in [9.17, 15) is 4.79 Å². The van der Waals surface area contributed by atoms with Crippen molar-refractivity contribution in [2.24, 2.45) is 35.0 Å². The maximum absolute atomic E-state index is 12.8. The van der Waals surface area contributed by atoms with Crippen LogP contribution in [0.1, 0.15) is 52.9 Å². The van der Waals surface area contributed by atoms with Gasteiger partial charge in [-0.2, -0.15) is 0 Å². The van der Waals surface area contributed by atoms with Gasteiger partial charge < -0.3 is 0 Å². The molecule has 2 bridgehead atoms. The number of likely N-dealkylation sites (tertiary alicyclic amines) is 1. The zero-order valence-corrected chi connectivity index (χ0v) is 12.9. The quantitative estimate of drug-likeness (QED) is 0.825. The van der Waals surface area contributed by atoms with Crippen LogP contribution in [0.25, 0.3) is 0 Å². The van der Waals surface area contributed by atoms with E-state index in [1.807, 2.05) is 18.7 Å². The predicted molar refractivity (Wildman–Crippen MR) is 78.4 cm³/mol. The van der Waals surface area contributed by atoms with Gasteiger partial charge in [0, 0.05) is 11.3 Å². The lowest BCUT2D eigenvalue weighted by Crippen LogP contribution is -2.68. The summed E-state index contributed by atoms with van der Waals surface area (Å²) in [5.41, 5.74) is -0.311. The number of nitrogens with one attached hydrogen (secondary N) is 1. The minimum Gasteiger partial charge on any atom is -0.296 e. The van der Waals surface area contributed by atoms with Crippen LogP contribution in [0, 0.1) is 40.4 Å².